The summed E-state index contributed by atoms with van der Waals surface area (Å²) in [5, 5.41) is 21.9. The smallest absolute Gasteiger partial charge is 0.318 e. The predicted octanol–water partition coefficient (Wildman–Crippen LogP) is 2.64. The molecule has 3 heterocycles. The van der Waals surface area contributed by atoms with E-state index in [1.807, 2.05) is 6.92 Å². The number of rotatable bonds is 6. The Labute approximate surface area is 189 Å². The molecule has 0 aliphatic carbocycles. The molecule has 0 saturated carbocycles. The third kappa shape index (κ3) is 4.81. The highest BCUT2D eigenvalue weighted by Crippen LogP contribution is 2.26. The van der Waals surface area contributed by atoms with Crippen molar-refractivity contribution in [1.82, 2.24) is 30.4 Å². The number of nitrogens with one attached hydrogen (secondary N) is 3. The molecule has 11 heteroatoms. The van der Waals surface area contributed by atoms with Crippen molar-refractivity contribution in [2.45, 2.75) is 32.0 Å². The summed E-state index contributed by atoms with van der Waals surface area (Å²) in [7, 11) is 0. The Bertz CT molecular complexity index is 1100. The van der Waals surface area contributed by atoms with Crippen molar-refractivity contribution in [3.8, 4) is 0 Å². The number of H-pyrrole nitrogens is 1. The molecule has 2 amide bonds. The van der Waals surface area contributed by atoms with Crippen LogP contribution in [-0.4, -0.2) is 55.4 Å². The van der Waals surface area contributed by atoms with Crippen LogP contribution in [0.3, 0.4) is 0 Å². The number of fused-ring (bicyclic) bond motifs is 1. The van der Waals surface area contributed by atoms with E-state index in [0.717, 1.165) is 11.3 Å². The Morgan fingerprint density at radius 2 is 2.22 bits per heavy atom. The molecule has 0 fully saturated rings. The van der Waals surface area contributed by atoms with E-state index < -0.39 is 11.9 Å². The number of aromatic amines is 1. The van der Waals surface area contributed by atoms with Gasteiger partial charge >= 0.3 is 6.03 Å². The first-order valence-corrected chi connectivity index (χ1v) is 10.5. The number of urea groups is 1. The van der Waals surface area contributed by atoms with Gasteiger partial charge in [-0.25, -0.2) is 19.2 Å². The lowest BCUT2D eigenvalue weighted by atomic mass is 10.0. The number of nitrogens with zero attached hydrogens (tertiary/aromatic N) is 4. The zero-order valence-electron chi connectivity index (χ0n) is 17.3. The van der Waals surface area contributed by atoms with Crippen molar-refractivity contribution < 1.29 is 14.3 Å². The number of aliphatic hydroxyl groups excluding tert-OH is 1. The maximum absolute atomic E-state index is 14.1. The van der Waals surface area contributed by atoms with E-state index >= 15 is 0 Å². The average molecular weight is 460 g/mol. The summed E-state index contributed by atoms with van der Waals surface area (Å²) in [6, 6.07) is 3.33. The third-order valence-electron chi connectivity index (χ3n) is 5.28. The number of carbonyl (C=O) groups excluding carboxylic acids is 1. The molecular formula is C21H23ClFN7O2. The number of benzene rings is 1. The first-order chi connectivity index (χ1) is 15.4. The molecule has 4 rings (SSSR count). The minimum Gasteiger partial charge on any atom is -0.394 e. The lowest BCUT2D eigenvalue weighted by molar-refractivity contribution is 0.189. The standard InChI is InChI=1S/C21H23ClFN7O2/c1-12(11-31)27-20-24-7-14-4-5-30(10-18(14)28-20)21(32)29-19(15-8-25-26-9-15)13-2-3-16(22)17(23)6-13/h2-3,6-9,12,19,31H,4-5,10-11H2,1H3,(H,25,26)(H,29,32)(H,24,27,28)/t12-,19?/m0/s1. The summed E-state index contributed by atoms with van der Waals surface area (Å²) in [6.07, 6.45) is 5.59. The molecular weight excluding hydrogens is 437 g/mol. The summed E-state index contributed by atoms with van der Waals surface area (Å²) in [5.74, 6) is -0.159. The van der Waals surface area contributed by atoms with Gasteiger partial charge in [0.2, 0.25) is 5.95 Å². The zero-order chi connectivity index (χ0) is 22.7. The van der Waals surface area contributed by atoms with Crippen LogP contribution in [0.25, 0.3) is 0 Å². The molecule has 1 unspecified atom stereocenters. The van der Waals surface area contributed by atoms with E-state index in [1.165, 1.54) is 12.1 Å². The van der Waals surface area contributed by atoms with Crippen molar-refractivity contribution in [1.29, 1.82) is 0 Å². The number of aliphatic hydroxyl groups is 1. The number of amides is 2. The molecule has 9 nitrogen and oxygen atoms in total. The van der Waals surface area contributed by atoms with Crippen LogP contribution in [0.5, 0.6) is 0 Å². The first kappa shape index (κ1) is 22.0. The van der Waals surface area contributed by atoms with E-state index in [-0.39, 0.29) is 23.7 Å². The summed E-state index contributed by atoms with van der Waals surface area (Å²) in [4.78, 5) is 23.6. The summed E-state index contributed by atoms with van der Waals surface area (Å²) < 4.78 is 14.1. The number of hydrogen-bond acceptors (Lipinski definition) is 6. The number of hydrogen-bond donors (Lipinski definition) is 4. The van der Waals surface area contributed by atoms with E-state index in [9.17, 15) is 14.3 Å². The molecule has 2 aromatic heterocycles. The molecule has 168 valence electrons. The number of halogens is 2. The average Bonchev–Trinajstić information content (AvgIpc) is 3.33. The van der Waals surface area contributed by atoms with Crippen LogP contribution in [0.15, 0.2) is 36.8 Å². The molecule has 1 aromatic carbocycles. The largest absolute Gasteiger partial charge is 0.394 e. The van der Waals surface area contributed by atoms with Crippen LogP contribution >= 0.6 is 11.6 Å². The predicted molar refractivity (Wildman–Crippen MR) is 117 cm³/mol. The molecule has 32 heavy (non-hydrogen) atoms. The Morgan fingerprint density at radius 1 is 1.38 bits per heavy atom. The third-order valence-corrected chi connectivity index (χ3v) is 5.59. The van der Waals surface area contributed by atoms with Gasteiger partial charge in [-0.3, -0.25) is 5.10 Å². The molecule has 0 spiro atoms. The highest BCUT2D eigenvalue weighted by atomic mass is 35.5. The quantitative estimate of drug-likeness (QED) is 0.450. The highest BCUT2D eigenvalue weighted by Gasteiger charge is 2.26. The van der Waals surface area contributed by atoms with Crippen LogP contribution in [0, 0.1) is 5.82 Å². The van der Waals surface area contributed by atoms with Gasteiger partial charge in [-0.1, -0.05) is 17.7 Å². The van der Waals surface area contributed by atoms with Gasteiger partial charge in [-0.05, 0) is 36.6 Å². The Balaban J connectivity index is 1.52. The minimum absolute atomic E-state index is 0.0123. The van der Waals surface area contributed by atoms with Crippen LogP contribution < -0.4 is 10.6 Å². The SMILES string of the molecule is C[C@@H](CO)Nc1ncc2c(n1)CN(C(=O)NC(c1cn[nH]c1)c1ccc(Cl)c(F)c1)CC2. The van der Waals surface area contributed by atoms with Crippen molar-refractivity contribution >= 4 is 23.6 Å². The maximum atomic E-state index is 14.1. The van der Waals surface area contributed by atoms with Gasteiger partial charge in [0.15, 0.2) is 0 Å². The Hall–Kier alpha value is -3.24. The van der Waals surface area contributed by atoms with E-state index in [1.54, 1.807) is 29.6 Å². The van der Waals surface area contributed by atoms with Gasteiger partial charge in [0.25, 0.3) is 0 Å². The van der Waals surface area contributed by atoms with Crippen LogP contribution in [0.2, 0.25) is 5.02 Å². The van der Waals surface area contributed by atoms with Crippen molar-refractivity contribution in [2.75, 3.05) is 18.5 Å². The van der Waals surface area contributed by atoms with Gasteiger partial charge in [0.1, 0.15) is 5.82 Å². The van der Waals surface area contributed by atoms with Gasteiger partial charge in [-0.2, -0.15) is 5.10 Å². The van der Waals surface area contributed by atoms with Gasteiger partial charge in [0, 0.05) is 30.5 Å². The van der Waals surface area contributed by atoms with Crippen molar-refractivity contribution in [3.63, 3.8) is 0 Å². The number of carbonyl (C=O) groups is 1. The van der Waals surface area contributed by atoms with Crippen molar-refractivity contribution in [3.05, 3.63) is 70.0 Å². The zero-order valence-corrected chi connectivity index (χ0v) is 18.1. The molecule has 2 atom stereocenters. The van der Waals surface area contributed by atoms with Gasteiger partial charge in [0.05, 0.1) is 36.1 Å². The molecule has 1 aliphatic heterocycles. The highest BCUT2D eigenvalue weighted by molar-refractivity contribution is 6.30. The molecule has 4 N–H and O–H groups in total. The van der Waals surface area contributed by atoms with Crippen LogP contribution in [0.1, 0.15) is 35.3 Å². The molecule has 0 radical (unpaired) electrons. The topological polar surface area (TPSA) is 119 Å². The van der Waals surface area contributed by atoms with E-state index in [2.05, 4.69) is 30.8 Å². The van der Waals surface area contributed by atoms with E-state index in [0.29, 0.717) is 36.6 Å². The molecule has 0 saturated heterocycles. The maximum Gasteiger partial charge on any atom is 0.318 e. The second-order valence-corrected chi connectivity index (χ2v) is 8.06. The fraction of sp³-hybridized carbons (Fsp3) is 0.333. The van der Waals surface area contributed by atoms with E-state index in [4.69, 9.17) is 11.6 Å². The monoisotopic (exact) mass is 459 g/mol. The van der Waals surface area contributed by atoms with Gasteiger partial charge < -0.3 is 20.6 Å². The second kappa shape index (κ2) is 9.49. The lowest BCUT2D eigenvalue weighted by Gasteiger charge is -2.30. The van der Waals surface area contributed by atoms with Crippen LogP contribution in [-0.2, 0) is 13.0 Å². The normalized spacial score (nSPS) is 15.1. The second-order valence-electron chi connectivity index (χ2n) is 7.65. The van der Waals surface area contributed by atoms with Crippen molar-refractivity contribution in [2.24, 2.45) is 0 Å². The Morgan fingerprint density at radius 3 is 2.94 bits per heavy atom. The molecule has 3 aromatic rings. The minimum atomic E-state index is -0.609. The summed E-state index contributed by atoms with van der Waals surface area (Å²) >= 11 is 5.82. The number of anilines is 1. The first-order valence-electron chi connectivity index (χ1n) is 10.2. The fourth-order valence-corrected chi connectivity index (χ4v) is 3.61. The lowest BCUT2D eigenvalue weighted by Crippen LogP contribution is -2.44. The summed E-state index contributed by atoms with van der Waals surface area (Å²) in [5.41, 5.74) is 2.95. The van der Waals surface area contributed by atoms with Gasteiger partial charge in [-0.15, -0.1) is 0 Å². The summed E-state index contributed by atoms with van der Waals surface area (Å²) in [6.45, 7) is 2.57. The van der Waals surface area contributed by atoms with Crippen LogP contribution in [0.4, 0.5) is 15.1 Å². The molecule has 1 aliphatic rings. The number of aromatic nitrogens is 4. The Kier molecular flexibility index (Phi) is 6.52. The molecule has 0 bridgehead atoms. The fourth-order valence-electron chi connectivity index (χ4n) is 3.50.